The summed E-state index contributed by atoms with van der Waals surface area (Å²) < 4.78 is 0. The Labute approximate surface area is 164 Å². The van der Waals surface area contributed by atoms with Gasteiger partial charge < -0.3 is 9.97 Å². The Hall–Kier alpha value is -4.67. The number of non-ortho nitro benzene ring substituents is 2. The van der Waals surface area contributed by atoms with Crippen molar-refractivity contribution in [3.8, 4) is 0 Å². The van der Waals surface area contributed by atoms with E-state index in [9.17, 15) is 34.6 Å². The van der Waals surface area contributed by atoms with E-state index < -0.39 is 37.9 Å². The molecular weight excluding hydrogens is 396 g/mol. The molecule has 11 heteroatoms. The van der Waals surface area contributed by atoms with Crippen molar-refractivity contribution in [1.82, 2.24) is 9.97 Å². The summed E-state index contributed by atoms with van der Waals surface area (Å²) in [4.78, 5) is 63.3. The van der Waals surface area contributed by atoms with Gasteiger partial charge in [-0.15, -0.1) is 0 Å². The minimum Gasteiger partial charge on any atom is -0.321 e. The average molecular weight is 406 g/mol. The first kappa shape index (κ1) is 18.7. The van der Waals surface area contributed by atoms with E-state index in [0.717, 1.165) is 0 Å². The van der Waals surface area contributed by atoms with Crippen molar-refractivity contribution in [3.63, 3.8) is 0 Å². The van der Waals surface area contributed by atoms with Crippen LogP contribution in [0.5, 0.6) is 0 Å². The van der Waals surface area contributed by atoms with Gasteiger partial charge in [0.25, 0.3) is 22.5 Å². The Bertz CT molecular complexity index is 1400. The molecule has 0 atom stereocenters. The summed E-state index contributed by atoms with van der Waals surface area (Å²) in [6, 6.07) is 9.81. The van der Waals surface area contributed by atoms with Crippen molar-refractivity contribution < 1.29 is 14.6 Å². The summed E-state index contributed by atoms with van der Waals surface area (Å²) in [6.45, 7) is 0. The van der Waals surface area contributed by atoms with Crippen molar-refractivity contribution in [1.29, 1.82) is 0 Å². The van der Waals surface area contributed by atoms with E-state index >= 15 is 0 Å². The minimum atomic E-state index is -0.917. The van der Waals surface area contributed by atoms with Gasteiger partial charge in [-0.2, -0.15) is 0 Å². The second-order valence-corrected chi connectivity index (χ2v) is 6.41. The molecule has 2 aromatic carbocycles. The molecule has 0 aliphatic heterocycles. The maximum Gasteiger partial charge on any atom is 0.270 e. The molecule has 0 aliphatic carbocycles. The molecule has 0 saturated carbocycles. The SMILES string of the molecule is O=C(c1cc2cc([N+](=O)[O-])ccc2[nH]c1=O)c1cc2cc([N+](=O)[O-])ccc2[nH]c1=O. The van der Waals surface area contributed by atoms with Crippen LogP contribution >= 0.6 is 0 Å². The van der Waals surface area contributed by atoms with E-state index in [-0.39, 0.29) is 33.2 Å². The molecule has 0 aliphatic rings. The van der Waals surface area contributed by atoms with Gasteiger partial charge in [-0.1, -0.05) is 0 Å². The number of aromatic amines is 2. The Morgan fingerprint density at radius 1 is 0.700 bits per heavy atom. The number of pyridine rings is 2. The third-order valence-corrected chi connectivity index (χ3v) is 4.57. The number of ketones is 1. The number of benzene rings is 2. The highest BCUT2D eigenvalue weighted by molar-refractivity contribution is 6.11. The number of hydrogen-bond donors (Lipinski definition) is 2. The zero-order chi connectivity index (χ0) is 21.6. The number of hydrogen-bond acceptors (Lipinski definition) is 7. The lowest BCUT2D eigenvalue weighted by atomic mass is 10.0. The summed E-state index contributed by atoms with van der Waals surface area (Å²) in [7, 11) is 0. The summed E-state index contributed by atoms with van der Waals surface area (Å²) >= 11 is 0. The highest BCUT2D eigenvalue weighted by Crippen LogP contribution is 2.21. The number of nitro benzene ring substituents is 2. The number of aromatic nitrogens is 2. The molecule has 2 heterocycles. The van der Waals surface area contributed by atoms with Gasteiger partial charge in [0.1, 0.15) is 0 Å². The zero-order valence-electron chi connectivity index (χ0n) is 14.9. The Morgan fingerprint density at radius 2 is 1.10 bits per heavy atom. The highest BCUT2D eigenvalue weighted by Gasteiger charge is 2.20. The second-order valence-electron chi connectivity index (χ2n) is 6.41. The van der Waals surface area contributed by atoms with E-state index in [1.807, 2.05) is 0 Å². The zero-order valence-corrected chi connectivity index (χ0v) is 14.9. The van der Waals surface area contributed by atoms with Crippen molar-refractivity contribution in [2.45, 2.75) is 0 Å². The Balaban J connectivity index is 1.89. The Morgan fingerprint density at radius 3 is 1.47 bits per heavy atom. The van der Waals surface area contributed by atoms with Gasteiger partial charge in [-0.3, -0.25) is 34.6 Å². The first-order valence-corrected chi connectivity index (χ1v) is 8.42. The number of rotatable bonds is 4. The van der Waals surface area contributed by atoms with Crippen LogP contribution in [0.4, 0.5) is 11.4 Å². The number of fused-ring (bicyclic) bond motifs is 2. The van der Waals surface area contributed by atoms with Crippen LogP contribution in [0.15, 0.2) is 58.1 Å². The number of nitro groups is 2. The predicted octanol–water partition coefficient (Wildman–Crippen LogP) is 2.42. The van der Waals surface area contributed by atoms with E-state index in [4.69, 9.17) is 0 Å². The molecule has 0 radical (unpaired) electrons. The molecule has 2 N–H and O–H groups in total. The molecule has 30 heavy (non-hydrogen) atoms. The predicted molar refractivity (Wildman–Crippen MR) is 106 cm³/mol. The minimum absolute atomic E-state index is 0.233. The molecule has 0 spiro atoms. The lowest BCUT2D eigenvalue weighted by Crippen LogP contribution is -2.24. The summed E-state index contributed by atoms with van der Waals surface area (Å²) in [5, 5.41) is 22.4. The molecule has 148 valence electrons. The number of nitrogens with one attached hydrogen (secondary N) is 2. The number of carbonyl (C=O) groups is 1. The lowest BCUT2D eigenvalue weighted by molar-refractivity contribution is -0.384. The topological polar surface area (TPSA) is 169 Å². The first-order valence-electron chi connectivity index (χ1n) is 8.42. The first-order chi connectivity index (χ1) is 14.2. The van der Waals surface area contributed by atoms with Gasteiger partial charge in [0.05, 0.1) is 21.0 Å². The number of carbonyl (C=O) groups excluding carboxylic acids is 1. The fourth-order valence-corrected chi connectivity index (χ4v) is 3.10. The number of H-pyrrole nitrogens is 2. The molecular formula is C19H10N4O7. The van der Waals surface area contributed by atoms with Crippen LogP contribution in [0, 0.1) is 20.2 Å². The molecule has 0 fully saturated rings. The molecule has 2 aromatic heterocycles. The maximum atomic E-state index is 12.9. The third-order valence-electron chi connectivity index (χ3n) is 4.57. The lowest BCUT2D eigenvalue weighted by Gasteiger charge is -2.05. The standard InChI is InChI=1S/C19H10N4O7/c24-17(13-7-9-5-11(22(27)28)1-3-15(9)20-18(13)25)14-8-10-6-12(23(29)30)2-4-16(10)21-19(14)26/h1-8H,(H,20,25)(H,21,26). The third kappa shape index (κ3) is 3.09. The monoisotopic (exact) mass is 406 g/mol. The normalized spacial score (nSPS) is 10.9. The largest absolute Gasteiger partial charge is 0.321 e. The average Bonchev–Trinajstić information content (AvgIpc) is 2.71. The van der Waals surface area contributed by atoms with E-state index in [2.05, 4.69) is 9.97 Å². The van der Waals surface area contributed by atoms with Crippen LogP contribution in [0.3, 0.4) is 0 Å². The van der Waals surface area contributed by atoms with Gasteiger partial charge in [0.2, 0.25) is 5.78 Å². The summed E-state index contributed by atoms with van der Waals surface area (Å²) in [6.07, 6.45) is 0. The van der Waals surface area contributed by atoms with Crippen molar-refractivity contribution in [2.75, 3.05) is 0 Å². The van der Waals surface area contributed by atoms with Gasteiger partial charge in [0.15, 0.2) is 0 Å². The highest BCUT2D eigenvalue weighted by atomic mass is 16.6. The quantitative estimate of drug-likeness (QED) is 0.298. The van der Waals surface area contributed by atoms with E-state index in [1.54, 1.807) is 0 Å². The van der Waals surface area contributed by atoms with Crippen LogP contribution in [0.25, 0.3) is 21.8 Å². The fraction of sp³-hybridized carbons (Fsp3) is 0. The van der Waals surface area contributed by atoms with Crippen molar-refractivity contribution in [2.24, 2.45) is 0 Å². The van der Waals surface area contributed by atoms with Gasteiger partial charge in [0, 0.05) is 46.1 Å². The maximum absolute atomic E-state index is 12.9. The van der Waals surface area contributed by atoms with E-state index in [1.165, 1.54) is 48.5 Å². The van der Waals surface area contributed by atoms with Crippen LogP contribution in [0.1, 0.15) is 15.9 Å². The van der Waals surface area contributed by atoms with Crippen LogP contribution < -0.4 is 11.1 Å². The summed E-state index contributed by atoms with van der Waals surface area (Å²) in [5.41, 5.74) is -2.24. The van der Waals surface area contributed by atoms with Gasteiger partial charge >= 0.3 is 0 Å². The molecule has 0 saturated heterocycles. The van der Waals surface area contributed by atoms with Gasteiger partial charge in [-0.25, -0.2) is 0 Å². The summed E-state index contributed by atoms with van der Waals surface area (Å²) in [5.74, 6) is -0.917. The fourth-order valence-electron chi connectivity index (χ4n) is 3.10. The van der Waals surface area contributed by atoms with Crippen molar-refractivity contribution >= 4 is 39.0 Å². The molecule has 11 nitrogen and oxygen atoms in total. The van der Waals surface area contributed by atoms with Crippen LogP contribution in [-0.2, 0) is 0 Å². The second kappa shape index (κ2) is 6.74. The molecule has 0 bridgehead atoms. The van der Waals surface area contributed by atoms with Crippen LogP contribution in [-0.4, -0.2) is 25.6 Å². The van der Waals surface area contributed by atoms with E-state index in [0.29, 0.717) is 0 Å². The smallest absolute Gasteiger partial charge is 0.270 e. The molecule has 0 amide bonds. The number of nitrogens with zero attached hydrogens (tertiary/aromatic N) is 2. The molecule has 4 rings (SSSR count). The molecule has 0 unspecified atom stereocenters. The van der Waals surface area contributed by atoms with Crippen molar-refractivity contribution in [3.05, 3.63) is 101 Å². The van der Waals surface area contributed by atoms with Gasteiger partial charge in [-0.05, 0) is 24.3 Å². The Kier molecular flexibility index (Phi) is 4.20. The van der Waals surface area contributed by atoms with Crippen LogP contribution in [0.2, 0.25) is 0 Å². The molecule has 4 aromatic rings.